The minimum absolute atomic E-state index is 0.258. The molecule has 1 N–H and O–H groups in total. The van der Waals surface area contributed by atoms with Crippen molar-refractivity contribution in [3.63, 3.8) is 0 Å². The van der Waals surface area contributed by atoms with Gasteiger partial charge < -0.3 is 5.11 Å². The van der Waals surface area contributed by atoms with E-state index in [9.17, 15) is 23.1 Å². The first-order valence-electron chi connectivity index (χ1n) is 9.85. The van der Waals surface area contributed by atoms with Gasteiger partial charge in [0.25, 0.3) is 0 Å². The number of aliphatic carboxylic acids is 1. The van der Waals surface area contributed by atoms with Crippen LogP contribution in [-0.2, 0) is 16.4 Å². The van der Waals surface area contributed by atoms with Crippen LogP contribution in [0.15, 0.2) is 66.7 Å². The molecule has 0 atom stereocenters. The molecule has 33 heavy (non-hydrogen) atoms. The van der Waals surface area contributed by atoms with E-state index in [1.807, 2.05) is 6.07 Å². The lowest BCUT2D eigenvalue weighted by atomic mass is 9.84. The van der Waals surface area contributed by atoms with Crippen LogP contribution in [0.5, 0.6) is 0 Å². The Balaban J connectivity index is 1.81. The van der Waals surface area contributed by atoms with Crippen LogP contribution in [-0.4, -0.2) is 20.9 Å². The first kappa shape index (κ1) is 23.1. The van der Waals surface area contributed by atoms with E-state index in [0.717, 1.165) is 16.5 Å². The molecule has 170 valence electrons. The maximum Gasteiger partial charge on any atom is 0.435 e. The van der Waals surface area contributed by atoms with Crippen LogP contribution in [0.1, 0.15) is 25.1 Å². The van der Waals surface area contributed by atoms with Gasteiger partial charge in [0, 0.05) is 4.88 Å². The fourth-order valence-electron chi connectivity index (χ4n) is 3.32. The van der Waals surface area contributed by atoms with Gasteiger partial charge in [-0.2, -0.15) is 18.3 Å². The van der Waals surface area contributed by atoms with E-state index in [0.29, 0.717) is 16.1 Å². The van der Waals surface area contributed by atoms with Crippen LogP contribution in [0.2, 0.25) is 5.02 Å². The largest absolute Gasteiger partial charge is 0.481 e. The number of thiophene rings is 1. The van der Waals surface area contributed by atoms with Crippen molar-refractivity contribution in [2.75, 3.05) is 0 Å². The molecule has 0 bridgehead atoms. The van der Waals surface area contributed by atoms with Gasteiger partial charge in [-0.15, -0.1) is 11.3 Å². The highest BCUT2D eigenvalue weighted by atomic mass is 35.5. The topological polar surface area (TPSA) is 55.1 Å². The maximum atomic E-state index is 13.5. The number of halogens is 4. The molecule has 4 rings (SSSR count). The van der Waals surface area contributed by atoms with Gasteiger partial charge in [-0.3, -0.25) is 4.79 Å². The standard InChI is InChI=1S/C24H18ClF3N2O2S/c1-23(2,22(31)32)15-7-5-6-14(12-15)19-10-11-20(33-19)18-13-21(24(26,27)28)29-30(18)17-9-4-3-8-16(17)25/h3-13H,1-2H3,(H,31,32). The van der Waals surface area contributed by atoms with Crippen molar-refractivity contribution in [3.8, 4) is 26.7 Å². The molecule has 0 fully saturated rings. The van der Waals surface area contributed by atoms with Gasteiger partial charge >= 0.3 is 12.1 Å². The van der Waals surface area contributed by atoms with E-state index >= 15 is 0 Å². The SMILES string of the molecule is CC(C)(C(=O)O)c1cccc(-c2ccc(-c3cc(C(F)(F)F)nn3-c3ccccc3Cl)s2)c1. The Morgan fingerprint density at radius 3 is 2.36 bits per heavy atom. The fourth-order valence-corrected chi connectivity index (χ4v) is 4.54. The van der Waals surface area contributed by atoms with Gasteiger partial charge in [0.2, 0.25) is 0 Å². The summed E-state index contributed by atoms with van der Waals surface area (Å²) in [5.41, 5.74) is -0.0997. The predicted octanol–water partition coefficient (Wildman–Crippen LogP) is 7.30. The van der Waals surface area contributed by atoms with E-state index < -0.39 is 23.3 Å². The molecular formula is C24H18ClF3N2O2S. The molecule has 0 unspecified atom stereocenters. The average molecular weight is 491 g/mol. The molecule has 9 heteroatoms. The number of carbonyl (C=O) groups is 1. The van der Waals surface area contributed by atoms with Crippen LogP contribution in [0.4, 0.5) is 13.2 Å². The van der Waals surface area contributed by atoms with Gasteiger partial charge in [-0.05, 0) is 61.4 Å². The van der Waals surface area contributed by atoms with Crippen molar-refractivity contribution in [1.82, 2.24) is 9.78 Å². The summed E-state index contributed by atoms with van der Waals surface area (Å²) < 4.78 is 41.6. The number of aromatic nitrogens is 2. The third-order valence-electron chi connectivity index (χ3n) is 5.34. The van der Waals surface area contributed by atoms with Crippen molar-refractivity contribution in [2.24, 2.45) is 0 Å². The fraction of sp³-hybridized carbons (Fsp3) is 0.167. The monoisotopic (exact) mass is 490 g/mol. The van der Waals surface area contributed by atoms with Crippen molar-refractivity contribution in [2.45, 2.75) is 25.4 Å². The smallest absolute Gasteiger partial charge is 0.435 e. The Hall–Kier alpha value is -3.10. The zero-order chi connectivity index (χ0) is 24.0. The molecule has 2 aromatic heterocycles. The van der Waals surface area contributed by atoms with Crippen LogP contribution in [0, 0.1) is 0 Å². The highest BCUT2D eigenvalue weighted by molar-refractivity contribution is 7.18. The molecule has 0 aliphatic carbocycles. The average Bonchev–Trinajstić information content (AvgIpc) is 3.41. The van der Waals surface area contributed by atoms with E-state index in [2.05, 4.69) is 5.10 Å². The lowest BCUT2D eigenvalue weighted by molar-refractivity contribution is -0.142. The van der Waals surface area contributed by atoms with Crippen LogP contribution in [0.25, 0.3) is 26.7 Å². The summed E-state index contributed by atoms with van der Waals surface area (Å²) in [5.74, 6) is -0.949. The second-order valence-electron chi connectivity index (χ2n) is 7.95. The van der Waals surface area contributed by atoms with Gasteiger partial charge in [0.15, 0.2) is 5.69 Å². The number of nitrogens with zero attached hydrogens (tertiary/aromatic N) is 2. The molecule has 0 radical (unpaired) electrons. The molecule has 0 aliphatic heterocycles. The Morgan fingerprint density at radius 1 is 1.00 bits per heavy atom. The molecule has 2 aromatic carbocycles. The molecule has 2 heterocycles. The third kappa shape index (κ3) is 4.41. The van der Waals surface area contributed by atoms with Crippen molar-refractivity contribution in [1.29, 1.82) is 0 Å². The van der Waals surface area contributed by atoms with Crippen molar-refractivity contribution >= 4 is 28.9 Å². The first-order chi connectivity index (χ1) is 15.5. The van der Waals surface area contributed by atoms with E-state index in [1.165, 1.54) is 16.0 Å². The summed E-state index contributed by atoms with van der Waals surface area (Å²) in [6.45, 7) is 3.24. The van der Waals surface area contributed by atoms with Gasteiger partial charge in [0.05, 0.1) is 26.7 Å². The number of para-hydroxylation sites is 1. The van der Waals surface area contributed by atoms with Crippen LogP contribution >= 0.6 is 22.9 Å². The number of carboxylic acids is 1. The Bertz CT molecular complexity index is 1340. The zero-order valence-corrected chi connectivity index (χ0v) is 19.1. The lowest BCUT2D eigenvalue weighted by Gasteiger charge is -2.20. The summed E-state index contributed by atoms with van der Waals surface area (Å²) >= 11 is 7.53. The van der Waals surface area contributed by atoms with E-state index in [1.54, 1.807) is 68.4 Å². The van der Waals surface area contributed by atoms with Gasteiger partial charge in [0.1, 0.15) is 0 Å². The number of benzene rings is 2. The molecule has 0 saturated heterocycles. The Labute approximate surface area is 196 Å². The molecule has 4 nitrogen and oxygen atoms in total. The van der Waals surface area contributed by atoms with Gasteiger partial charge in [-0.25, -0.2) is 4.68 Å². The number of hydrogen-bond donors (Lipinski definition) is 1. The minimum Gasteiger partial charge on any atom is -0.481 e. The Morgan fingerprint density at radius 2 is 1.70 bits per heavy atom. The molecule has 0 spiro atoms. The van der Waals surface area contributed by atoms with Crippen LogP contribution < -0.4 is 0 Å². The number of carboxylic acid groups (broad SMARTS) is 1. The molecule has 0 aliphatic rings. The third-order valence-corrected chi connectivity index (χ3v) is 6.82. The van der Waals surface area contributed by atoms with E-state index in [4.69, 9.17) is 11.6 Å². The highest BCUT2D eigenvalue weighted by Gasteiger charge is 2.36. The van der Waals surface area contributed by atoms with Crippen molar-refractivity contribution in [3.05, 3.63) is 83.0 Å². The number of alkyl halides is 3. The van der Waals surface area contributed by atoms with Crippen molar-refractivity contribution < 1.29 is 23.1 Å². The first-order valence-corrected chi connectivity index (χ1v) is 11.0. The molecular weight excluding hydrogens is 473 g/mol. The minimum atomic E-state index is -4.61. The van der Waals surface area contributed by atoms with Crippen LogP contribution in [0.3, 0.4) is 0 Å². The number of rotatable bonds is 5. The lowest BCUT2D eigenvalue weighted by Crippen LogP contribution is -2.28. The summed E-state index contributed by atoms with van der Waals surface area (Å²) in [4.78, 5) is 13.0. The zero-order valence-electron chi connectivity index (χ0n) is 17.5. The normalized spacial score (nSPS) is 12.2. The summed E-state index contributed by atoms with van der Waals surface area (Å²) in [7, 11) is 0. The highest BCUT2D eigenvalue weighted by Crippen LogP contribution is 2.40. The molecule has 4 aromatic rings. The maximum absolute atomic E-state index is 13.5. The predicted molar refractivity (Wildman–Crippen MR) is 123 cm³/mol. The number of hydrogen-bond acceptors (Lipinski definition) is 3. The second kappa shape index (κ2) is 8.35. The Kier molecular flexibility index (Phi) is 5.84. The molecule has 0 amide bonds. The summed E-state index contributed by atoms with van der Waals surface area (Å²) in [6.07, 6.45) is -4.61. The summed E-state index contributed by atoms with van der Waals surface area (Å²) in [5, 5.41) is 13.6. The van der Waals surface area contributed by atoms with E-state index in [-0.39, 0.29) is 10.7 Å². The quantitative estimate of drug-likeness (QED) is 0.319. The second-order valence-corrected chi connectivity index (χ2v) is 9.44. The summed E-state index contributed by atoms with van der Waals surface area (Å²) in [6, 6.07) is 18.2. The van der Waals surface area contributed by atoms with Gasteiger partial charge in [-0.1, -0.05) is 41.9 Å². The molecule has 0 saturated carbocycles.